The fourth-order valence-electron chi connectivity index (χ4n) is 1.31. The van der Waals surface area contributed by atoms with Crippen molar-refractivity contribution < 1.29 is 0 Å². The first kappa shape index (κ1) is 12.4. The Bertz CT molecular complexity index is 473. The molecule has 0 saturated heterocycles. The first-order valence-corrected chi connectivity index (χ1v) is 5.16. The molecule has 82 valence electrons. The van der Waals surface area contributed by atoms with Gasteiger partial charge >= 0.3 is 0 Å². The molecule has 1 aromatic rings. The van der Waals surface area contributed by atoms with E-state index in [1.165, 1.54) is 6.21 Å². The SMILES string of the molecule is C=CC(=C)c1cc(Cl)cnc1/C(C=N)=C/C. The monoisotopic (exact) mass is 232 g/mol. The van der Waals surface area contributed by atoms with Gasteiger partial charge in [-0.15, -0.1) is 0 Å². The summed E-state index contributed by atoms with van der Waals surface area (Å²) in [6, 6.07) is 1.78. The molecule has 1 N–H and O–H groups in total. The molecule has 0 atom stereocenters. The van der Waals surface area contributed by atoms with Crippen LogP contribution in [0.2, 0.25) is 5.02 Å². The van der Waals surface area contributed by atoms with E-state index in [9.17, 15) is 0 Å². The molecule has 2 nitrogen and oxygen atoms in total. The van der Waals surface area contributed by atoms with E-state index in [1.54, 1.807) is 18.3 Å². The summed E-state index contributed by atoms with van der Waals surface area (Å²) in [7, 11) is 0. The zero-order chi connectivity index (χ0) is 12.1. The summed E-state index contributed by atoms with van der Waals surface area (Å²) < 4.78 is 0. The molecule has 0 fully saturated rings. The minimum Gasteiger partial charge on any atom is -0.308 e. The molecule has 0 aromatic carbocycles. The molecule has 0 spiro atoms. The van der Waals surface area contributed by atoms with Gasteiger partial charge in [0.25, 0.3) is 0 Å². The Balaban J connectivity index is 3.44. The van der Waals surface area contributed by atoms with Gasteiger partial charge in [0.1, 0.15) is 0 Å². The normalized spacial score (nSPS) is 11.0. The predicted octanol–water partition coefficient (Wildman–Crippen LogP) is 3.99. The molecule has 0 bridgehead atoms. The van der Waals surface area contributed by atoms with Gasteiger partial charge in [0.05, 0.1) is 10.7 Å². The number of allylic oxidation sites excluding steroid dienone is 4. The van der Waals surface area contributed by atoms with E-state index in [-0.39, 0.29) is 0 Å². The smallest absolute Gasteiger partial charge is 0.0793 e. The largest absolute Gasteiger partial charge is 0.308 e. The number of halogens is 1. The van der Waals surface area contributed by atoms with Gasteiger partial charge in [-0.3, -0.25) is 4.98 Å². The topological polar surface area (TPSA) is 36.7 Å². The van der Waals surface area contributed by atoms with Crippen molar-refractivity contribution in [2.75, 3.05) is 0 Å². The third kappa shape index (κ3) is 2.47. The maximum absolute atomic E-state index is 7.32. The predicted molar refractivity (Wildman–Crippen MR) is 70.9 cm³/mol. The van der Waals surface area contributed by atoms with Crippen molar-refractivity contribution in [2.24, 2.45) is 0 Å². The van der Waals surface area contributed by atoms with Crippen LogP contribution in [0.4, 0.5) is 0 Å². The Morgan fingerprint density at radius 2 is 2.25 bits per heavy atom. The van der Waals surface area contributed by atoms with Gasteiger partial charge in [0, 0.05) is 23.5 Å². The summed E-state index contributed by atoms with van der Waals surface area (Å²) in [4.78, 5) is 4.23. The van der Waals surface area contributed by atoms with Crippen LogP contribution in [0.3, 0.4) is 0 Å². The number of nitrogens with zero attached hydrogens (tertiary/aromatic N) is 1. The second-order valence-corrected chi connectivity index (χ2v) is 3.60. The number of hydrogen-bond donors (Lipinski definition) is 1. The highest BCUT2D eigenvalue weighted by Crippen LogP contribution is 2.25. The Kier molecular flexibility index (Phi) is 4.20. The average molecular weight is 233 g/mol. The molecule has 0 aliphatic carbocycles. The van der Waals surface area contributed by atoms with Gasteiger partial charge < -0.3 is 5.41 Å². The highest BCUT2D eigenvalue weighted by molar-refractivity contribution is 6.30. The van der Waals surface area contributed by atoms with E-state index < -0.39 is 0 Å². The van der Waals surface area contributed by atoms with Crippen LogP contribution >= 0.6 is 11.6 Å². The summed E-state index contributed by atoms with van der Waals surface area (Å²) in [6.45, 7) is 9.41. The second-order valence-electron chi connectivity index (χ2n) is 3.17. The van der Waals surface area contributed by atoms with E-state index in [1.807, 2.05) is 13.0 Å². The van der Waals surface area contributed by atoms with Crippen LogP contribution in [-0.2, 0) is 0 Å². The van der Waals surface area contributed by atoms with Crippen LogP contribution in [-0.4, -0.2) is 11.2 Å². The molecule has 0 unspecified atom stereocenters. The molecule has 1 heterocycles. The summed E-state index contributed by atoms with van der Waals surface area (Å²) >= 11 is 5.89. The summed E-state index contributed by atoms with van der Waals surface area (Å²) in [5.41, 5.74) is 2.98. The third-order valence-corrected chi connectivity index (χ3v) is 2.39. The first-order chi connectivity index (χ1) is 7.63. The Hall–Kier alpha value is -1.67. The van der Waals surface area contributed by atoms with Gasteiger partial charge in [-0.05, 0) is 18.6 Å². The number of aromatic nitrogens is 1. The van der Waals surface area contributed by atoms with E-state index in [2.05, 4.69) is 18.1 Å². The molecule has 0 aliphatic heterocycles. The van der Waals surface area contributed by atoms with Crippen molar-refractivity contribution in [1.29, 1.82) is 5.41 Å². The van der Waals surface area contributed by atoms with Gasteiger partial charge in [0.15, 0.2) is 0 Å². The number of nitrogens with one attached hydrogen (secondary N) is 1. The highest BCUT2D eigenvalue weighted by Gasteiger charge is 2.09. The Labute approximate surface area is 100 Å². The fourth-order valence-corrected chi connectivity index (χ4v) is 1.47. The van der Waals surface area contributed by atoms with E-state index in [0.29, 0.717) is 10.7 Å². The standard InChI is InChI=1S/C13H13ClN2/c1-4-9(3)12-6-11(14)8-16-13(12)10(5-2)7-15/h4-8,15H,1,3H2,2H3/b10-5+,15-7?. The number of rotatable bonds is 4. The van der Waals surface area contributed by atoms with E-state index in [0.717, 1.165) is 16.7 Å². The quantitative estimate of drug-likeness (QED) is 0.619. The van der Waals surface area contributed by atoms with Crippen LogP contribution in [0.15, 0.2) is 37.6 Å². The van der Waals surface area contributed by atoms with Crippen molar-refractivity contribution >= 4 is 29.0 Å². The molecular weight excluding hydrogens is 220 g/mol. The molecule has 16 heavy (non-hydrogen) atoms. The van der Waals surface area contributed by atoms with E-state index in [4.69, 9.17) is 17.0 Å². The van der Waals surface area contributed by atoms with Gasteiger partial charge in [-0.2, -0.15) is 0 Å². The van der Waals surface area contributed by atoms with Crippen molar-refractivity contribution in [3.05, 3.63) is 53.9 Å². The number of pyridine rings is 1. The maximum Gasteiger partial charge on any atom is 0.0793 e. The molecule has 1 rings (SSSR count). The minimum absolute atomic E-state index is 0.544. The lowest BCUT2D eigenvalue weighted by Gasteiger charge is -2.09. The molecule has 3 heteroatoms. The lowest BCUT2D eigenvalue weighted by atomic mass is 10.0. The van der Waals surface area contributed by atoms with Crippen LogP contribution < -0.4 is 0 Å². The second kappa shape index (κ2) is 5.42. The van der Waals surface area contributed by atoms with Crippen LogP contribution in [0.5, 0.6) is 0 Å². The van der Waals surface area contributed by atoms with Crippen LogP contribution in [0.1, 0.15) is 18.2 Å². The Morgan fingerprint density at radius 3 is 2.75 bits per heavy atom. The average Bonchev–Trinajstić information content (AvgIpc) is 2.31. The summed E-state index contributed by atoms with van der Waals surface area (Å²) in [6.07, 6.45) is 6.29. The molecular formula is C13H13ClN2. The van der Waals surface area contributed by atoms with E-state index >= 15 is 0 Å². The molecule has 0 radical (unpaired) electrons. The molecule has 1 aromatic heterocycles. The fraction of sp³-hybridized carbons (Fsp3) is 0.0769. The lowest BCUT2D eigenvalue weighted by molar-refractivity contribution is 1.26. The van der Waals surface area contributed by atoms with Gasteiger partial charge in [-0.25, -0.2) is 0 Å². The summed E-state index contributed by atoms with van der Waals surface area (Å²) in [5, 5.41) is 7.87. The molecule has 0 aliphatic rings. The van der Waals surface area contributed by atoms with Crippen molar-refractivity contribution in [2.45, 2.75) is 6.92 Å². The maximum atomic E-state index is 7.32. The third-order valence-electron chi connectivity index (χ3n) is 2.19. The first-order valence-electron chi connectivity index (χ1n) is 4.78. The van der Waals surface area contributed by atoms with Gasteiger partial charge in [-0.1, -0.05) is 36.9 Å². The zero-order valence-corrected chi connectivity index (χ0v) is 9.88. The minimum atomic E-state index is 0.544. The number of hydrogen-bond acceptors (Lipinski definition) is 2. The summed E-state index contributed by atoms with van der Waals surface area (Å²) in [5.74, 6) is 0. The van der Waals surface area contributed by atoms with Crippen LogP contribution in [0.25, 0.3) is 11.1 Å². The van der Waals surface area contributed by atoms with Gasteiger partial charge in [0.2, 0.25) is 0 Å². The Morgan fingerprint density at radius 1 is 1.56 bits per heavy atom. The molecule has 0 saturated carbocycles. The van der Waals surface area contributed by atoms with Crippen molar-refractivity contribution in [1.82, 2.24) is 4.98 Å². The zero-order valence-electron chi connectivity index (χ0n) is 9.13. The van der Waals surface area contributed by atoms with Crippen LogP contribution in [0, 0.1) is 5.41 Å². The lowest BCUT2D eigenvalue weighted by Crippen LogP contribution is -1.96. The highest BCUT2D eigenvalue weighted by atomic mass is 35.5. The van der Waals surface area contributed by atoms with Crippen molar-refractivity contribution in [3.8, 4) is 0 Å². The molecule has 0 amide bonds. The van der Waals surface area contributed by atoms with Crippen molar-refractivity contribution in [3.63, 3.8) is 0 Å².